The van der Waals surface area contributed by atoms with Crippen molar-refractivity contribution in [3.63, 3.8) is 0 Å². The molecule has 3 aliphatic rings. The van der Waals surface area contributed by atoms with Gasteiger partial charge in [-0.05, 0) is 28.7 Å². The summed E-state index contributed by atoms with van der Waals surface area (Å²) in [4.78, 5) is 2.11. The van der Waals surface area contributed by atoms with Crippen molar-refractivity contribution < 1.29 is 17.9 Å². The van der Waals surface area contributed by atoms with Crippen molar-refractivity contribution in [3.05, 3.63) is 107 Å². The van der Waals surface area contributed by atoms with Crippen LogP contribution in [0.5, 0.6) is 0 Å². The number of nitrogens with zero attached hydrogens (tertiary/aromatic N) is 1. The van der Waals surface area contributed by atoms with Crippen LogP contribution in [0.4, 0.5) is 13.2 Å². The smallest absolute Gasteiger partial charge is 0.345 e. The van der Waals surface area contributed by atoms with Crippen molar-refractivity contribution in [1.82, 2.24) is 4.90 Å². The van der Waals surface area contributed by atoms with E-state index in [1.54, 1.807) is 6.92 Å². The zero-order valence-electron chi connectivity index (χ0n) is 17.2. The van der Waals surface area contributed by atoms with E-state index in [2.05, 4.69) is 4.90 Å². The highest BCUT2D eigenvalue weighted by Crippen LogP contribution is 2.59. The SMILES string of the molecule is C[C@]12Cc3ccccc3[C@H](O[C@H]1C(F)(F)F)N(Cc1ccccc1)[C@H]2c1ccccc1. The molecule has 6 rings (SSSR count). The lowest BCUT2D eigenvalue weighted by molar-refractivity contribution is -0.326. The lowest BCUT2D eigenvalue weighted by Gasteiger charge is -2.54. The summed E-state index contributed by atoms with van der Waals surface area (Å²) in [5.41, 5.74) is 2.51. The molecule has 3 aromatic rings. The van der Waals surface area contributed by atoms with Crippen LogP contribution in [0, 0.1) is 5.41 Å². The van der Waals surface area contributed by atoms with E-state index in [0.717, 1.165) is 22.3 Å². The molecule has 31 heavy (non-hydrogen) atoms. The molecule has 0 unspecified atom stereocenters. The minimum atomic E-state index is -4.46. The van der Waals surface area contributed by atoms with E-state index in [-0.39, 0.29) is 0 Å². The van der Waals surface area contributed by atoms with E-state index in [4.69, 9.17) is 4.74 Å². The highest BCUT2D eigenvalue weighted by atomic mass is 19.4. The summed E-state index contributed by atoms with van der Waals surface area (Å²) >= 11 is 0. The summed E-state index contributed by atoms with van der Waals surface area (Å²) in [6.07, 6.45) is -6.78. The molecule has 0 spiro atoms. The van der Waals surface area contributed by atoms with Crippen LogP contribution in [0.1, 0.15) is 41.4 Å². The molecule has 3 aromatic carbocycles. The van der Waals surface area contributed by atoms with Crippen LogP contribution in [0.25, 0.3) is 0 Å². The number of halogens is 3. The summed E-state index contributed by atoms with van der Waals surface area (Å²) in [6, 6.07) is 26.6. The first kappa shape index (κ1) is 20.3. The van der Waals surface area contributed by atoms with Crippen molar-refractivity contribution in [2.75, 3.05) is 0 Å². The molecule has 2 bridgehead atoms. The van der Waals surface area contributed by atoms with Crippen LogP contribution in [0.3, 0.4) is 0 Å². The number of ether oxygens (including phenoxy) is 1. The molecule has 2 nitrogen and oxygen atoms in total. The van der Waals surface area contributed by atoms with Gasteiger partial charge in [-0.15, -0.1) is 0 Å². The first-order valence-electron chi connectivity index (χ1n) is 10.5. The van der Waals surface area contributed by atoms with Gasteiger partial charge >= 0.3 is 6.18 Å². The Kier molecular flexibility index (Phi) is 4.91. The number of alkyl halides is 3. The molecule has 5 heteroatoms. The second-order valence-electron chi connectivity index (χ2n) is 8.76. The van der Waals surface area contributed by atoms with Crippen molar-refractivity contribution >= 4 is 0 Å². The molecule has 0 saturated carbocycles. The molecule has 4 atom stereocenters. The zero-order valence-corrected chi connectivity index (χ0v) is 17.2. The van der Waals surface area contributed by atoms with Gasteiger partial charge in [-0.2, -0.15) is 13.2 Å². The van der Waals surface area contributed by atoms with Gasteiger partial charge < -0.3 is 4.74 Å². The fourth-order valence-corrected chi connectivity index (χ4v) is 5.43. The largest absolute Gasteiger partial charge is 0.415 e. The van der Waals surface area contributed by atoms with E-state index in [1.165, 1.54) is 0 Å². The summed E-state index contributed by atoms with van der Waals surface area (Å²) in [6.45, 7) is 2.23. The Balaban J connectivity index is 1.72. The molecule has 3 aliphatic heterocycles. The van der Waals surface area contributed by atoms with Gasteiger partial charge in [0.25, 0.3) is 0 Å². The Morgan fingerprint density at radius 2 is 1.52 bits per heavy atom. The van der Waals surface area contributed by atoms with Gasteiger partial charge in [0, 0.05) is 18.0 Å². The Morgan fingerprint density at radius 1 is 0.903 bits per heavy atom. The van der Waals surface area contributed by atoms with E-state index >= 15 is 0 Å². The Labute approximate surface area is 180 Å². The number of hydrogen-bond donors (Lipinski definition) is 0. The summed E-state index contributed by atoms with van der Waals surface area (Å²) < 4.78 is 49.0. The Bertz CT molecular complexity index is 1050. The molecule has 0 amide bonds. The fraction of sp³-hybridized carbons (Fsp3) is 0.308. The molecular weight excluding hydrogens is 399 g/mol. The van der Waals surface area contributed by atoms with Crippen molar-refractivity contribution in [2.45, 2.75) is 44.4 Å². The van der Waals surface area contributed by atoms with Gasteiger partial charge in [-0.3, -0.25) is 4.90 Å². The molecule has 0 N–H and O–H groups in total. The van der Waals surface area contributed by atoms with E-state index in [1.807, 2.05) is 84.9 Å². The predicted octanol–water partition coefficient (Wildman–Crippen LogP) is 6.45. The summed E-state index contributed by atoms with van der Waals surface area (Å²) in [5.74, 6) is 0. The van der Waals surface area contributed by atoms with Crippen LogP contribution in [0.2, 0.25) is 0 Å². The second kappa shape index (κ2) is 7.50. The number of fused-ring (bicyclic) bond motifs is 2. The quantitative estimate of drug-likeness (QED) is 0.480. The summed E-state index contributed by atoms with van der Waals surface area (Å²) in [7, 11) is 0. The van der Waals surface area contributed by atoms with Crippen LogP contribution in [-0.2, 0) is 17.7 Å². The topological polar surface area (TPSA) is 12.5 Å². The maximum Gasteiger partial charge on any atom is 0.415 e. The lowest BCUT2D eigenvalue weighted by atomic mass is 9.69. The Morgan fingerprint density at radius 3 is 2.19 bits per heavy atom. The van der Waals surface area contributed by atoms with Crippen LogP contribution in [0.15, 0.2) is 84.9 Å². The van der Waals surface area contributed by atoms with E-state index in [0.29, 0.717) is 13.0 Å². The van der Waals surface area contributed by atoms with Gasteiger partial charge in [-0.25, -0.2) is 0 Å². The standard InChI is InChI=1S/C26H24F3NO/c1-25-16-20-14-8-9-15-21(20)23(31-24(25)26(27,28)29)30(17-18-10-4-2-5-11-18)22(25)19-12-6-3-7-13-19/h2-15,22-24H,16-17H2,1H3/t22-,23-,24+,25+/m0/s1. The van der Waals surface area contributed by atoms with E-state index < -0.39 is 30.0 Å². The Hall–Kier alpha value is -2.63. The molecule has 3 heterocycles. The molecule has 0 aliphatic carbocycles. The van der Waals surface area contributed by atoms with Gasteiger partial charge in [0.1, 0.15) is 6.23 Å². The van der Waals surface area contributed by atoms with Crippen molar-refractivity contribution in [2.24, 2.45) is 5.41 Å². The van der Waals surface area contributed by atoms with Crippen LogP contribution < -0.4 is 0 Å². The lowest BCUT2D eigenvalue weighted by Crippen LogP contribution is -2.58. The molecular formula is C26H24F3NO. The van der Waals surface area contributed by atoms with Crippen molar-refractivity contribution in [3.8, 4) is 0 Å². The minimum absolute atomic E-state index is 0.300. The van der Waals surface area contributed by atoms with Gasteiger partial charge in [0.2, 0.25) is 0 Å². The van der Waals surface area contributed by atoms with Gasteiger partial charge in [-0.1, -0.05) is 91.9 Å². The molecule has 160 valence electrons. The fourth-order valence-electron chi connectivity index (χ4n) is 5.43. The maximum atomic E-state index is 14.3. The third-order valence-electron chi connectivity index (χ3n) is 6.63. The predicted molar refractivity (Wildman–Crippen MR) is 113 cm³/mol. The third-order valence-corrected chi connectivity index (χ3v) is 6.63. The van der Waals surface area contributed by atoms with E-state index in [9.17, 15) is 13.2 Å². The minimum Gasteiger partial charge on any atom is -0.345 e. The van der Waals surface area contributed by atoms with Gasteiger partial charge in [0.15, 0.2) is 6.10 Å². The zero-order chi connectivity index (χ0) is 21.6. The first-order valence-corrected chi connectivity index (χ1v) is 10.5. The molecule has 0 aromatic heterocycles. The molecule has 0 radical (unpaired) electrons. The number of hydrogen-bond acceptors (Lipinski definition) is 2. The highest BCUT2D eigenvalue weighted by Gasteiger charge is 2.63. The molecule has 1 fully saturated rings. The monoisotopic (exact) mass is 423 g/mol. The van der Waals surface area contributed by atoms with Crippen molar-refractivity contribution in [1.29, 1.82) is 0 Å². The highest BCUT2D eigenvalue weighted by molar-refractivity contribution is 5.37. The molecule has 1 saturated heterocycles. The first-order chi connectivity index (χ1) is 14.9. The number of rotatable bonds is 3. The maximum absolute atomic E-state index is 14.3. The summed E-state index contributed by atoms with van der Waals surface area (Å²) in [5, 5.41) is 0. The second-order valence-corrected chi connectivity index (χ2v) is 8.76. The van der Waals surface area contributed by atoms with Crippen LogP contribution in [-0.4, -0.2) is 17.2 Å². The average Bonchev–Trinajstić information content (AvgIpc) is 2.95. The normalized spacial score (nSPS) is 28.2. The average molecular weight is 423 g/mol. The van der Waals surface area contributed by atoms with Gasteiger partial charge in [0.05, 0.1) is 0 Å². The number of benzene rings is 3. The van der Waals surface area contributed by atoms with Crippen LogP contribution >= 0.6 is 0 Å². The third kappa shape index (κ3) is 3.46.